The van der Waals surface area contributed by atoms with E-state index in [1.54, 1.807) is 31.2 Å². The van der Waals surface area contributed by atoms with Gasteiger partial charge in [0.2, 0.25) is 5.13 Å². The summed E-state index contributed by atoms with van der Waals surface area (Å²) in [6.07, 6.45) is 0. The van der Waals surface area contributed by atoms with Gasteiger partial charge in [0.05, 0.1) is 11.6 Å². The maximum absolute atomic E-state index is 12.9. The Morgan fingerprint density at radius 3 is 2.58 bits per heavy atom. The number of hydrogen-bond acceptors (Lipinski definition) is 8. The van der Waals surface area contributed by atoms with Crippen molar-refractivity contribution in [3.8, 4) is 11.5 Å². The molecule has 164 valence electrons. The van der Waals surface area contributed by atoms with Gasteiger partial charge in [-0.05, 0) is 49.7 Å². The fraction of sp³-hybridized carbons (Fsp3) is 0.211. The molecule has 0 bridgehead atoms. The molecular formula is C19H19ClN4O5S2. The Balaban J connectivity index is 1.74. The molecule has 9 nitrogen and oxygen atoms in total. The minimum Gasteiger partial charge on any atom is -0.494 e. The Bertz CT molecular complexity index is 1150. The summed E-state index contributed by atoms with van der Waals surface area (Å²) in [6, 6.07) is 9.23. The molecule has 3 aromatic rings. The van der Waals surface area contributed by atoms with Crippen LogP contribution in [0.15, 0.2) is 46.8 Å². The number of benzene rings is 2. The number of halogens is 1. The molecule has 12 heteroatoms. The number of carbonyl (C=O) groups excluding carboxylic acids is 1. The number of ether oxygens (including phenoxy) is 2. The molecule has 1 heterocycles. The van der Waals surface area contributed by atoms with Crippen molar-refractivity contribution in [2.45, 2.75) is 18.7 Å². The first-order valence-corrected chi connectivity index (χ1v) is 11.8. The van der Waals surface area contributed by atoms with Crippen LogP contribution in [0.4, 0.5) is 10.8 Å². The minimum atomic E-state index is -4.01. The average molecular weight is 483 g/mol. The minimum absolute atomic E-state index is 0.0293. The van der Waals surface area contributed by atoms with E-state index in [0.29, 0.717) is 28.7 Å². The van der Waals surface area contributed by atoms with Crippen molar-refractivity contribution in [3.63, 3.8) is 0 Å². The van der Waals surface area contributed by atoms with Crippen LogP contribution in [0.3, 0.4) is 0 Å². The van der Waals surface area contributed by atoms with Crippen LogP contribution in [-0.2, 0) is 14.8 Å². The molecule has 2 aromatic carbocycles. The highest BCUT2D eigenvalue weighted by Crippen LogP contribution is 2.31. The van der Waals surface area contributed by atoms with Gasteiger partial charge in [0, 0.05) is 11.8 Å². The van der Waals surface area contributed by atoms with Crippen molar-refractivity contribution >= 4 is 49.7 Å². The van der Waals surface area contributed by atoms with Crippen molar-refractivity contribution in [3.05, 3.63) is 52.5 Å². The van der Waals surface area contributed by atoms with Crippen LogP contribution in [0.25, 0.3) is 0 Å². The van der Waals surface area contributed by atoms with Crippen LogP contribution in [0.1, 0.15) is 12.5 Å². The van der Waals surface area contributed by atoms with Gasteiger partial charge in [0.1, 0.15) is 21.9 Å². The lowest BCUT2D eigenvalue weighted by molar-refractivity contribution is -0.118. The number of nitrogens with zero attached hydrogens (tertiary/aromatic N) is 2. The number of nitrogens with one attached hydrogen (secondary N) is 2. The van der Waals surface area contributed by atoms with Crippen LogP contribution in [0.2, 0.25) is 5.02 Å². The van der Waals surface area contributed by atoms with Gasteiger partial charge in [-0.25, -0.2) is 8.42 Å². The molecule has 0 aliphatic heterocycles. The first kappa shape index (κ1) is 22.8. The third-order valence-corrected chi connectivity index (χ3v) is 6.35. The van der Waals surface area contributed by atoms with Crippen molar-refractivity contribution in [2.24, 2.45) is 0 Å². The molecule has 0 spiro atoms. The quantitative estimate of drug-likeness (QED) is 0.477. The van der Waals surface area contributed by atoms with Crippen LogP contribution in [0, 0.1) is 6.92 Å². The summed E-state index contributed by atoms with van der Waals surface area (Å²) in [4.78, 5) is 11.8. The molecule has 0 aliphatic rings. The molecule has 1 aromatic heterocycles. The summed E-state index contributed by atoms with van der Waals surface area (Å²) >= 11 is 7.35. The summed E-state index contributed by atoms with van der Waals surface area (Å²) in [5.74, 6) is 0.383. The van der Waals surface area contributed by atoms with E-state index in [4.69, 9.17) is 21.1 Å². The number of aromatic nitrogens is 2. The predicted molar refractivity (Wildman–Crippen MR) is 119 cm³/mol. The summed E-state index contributed by atoms with van der Waals surface area (Å²) in [5, 5.41) is 10.2. The number of anilines is 2. The molecule has 31 heavy (non-hydrogen) atoms. The van der Waals surface area contributed by atoms with Gasteiger partial charge in [-0.3, -0.25) is 14.8 Å². The van der Waals surface area contributed by atoms with Crippen molar-refractivity contribution < 1.29 is 22.7 Å². The number of aryl methyl sites for hydroxylation is 1. The number of hydrogen-bond donors (Lipinski definition) is 2. The highest BCUT2D eigenvalue weighted by molar-refractivity contribution is 7.92. The number of sulfonamides is 1. The second kappa shape index (κ2) is 9.94. The number of rotatable bonds is 9. The maximum Gasteiger partial charge on any atom is 0.264 e. The molecule has 0 atom stereocenters. The van der Waals surface area contributed by atoms with Gasteiger partial charge < -0.3 is 9.47 Å². The zero-order chi connectivity index (χ0) is 22.4. The first-order valence-electron chi connectivity index (χ1n) is 9.03. The SMILES string of the molecule is CCOc1ccc(NS(=O)(=O)c2cc(OCC(=O)Nc3nncs3)c(C)cc2Cl)cc1. The standard InChI is InChI=1S/C19H19ClN4O5S2/c1-3-28-14-6-4-13(5-7-14)24-31(26,27)17-9-16(12(2)8-15(17)20)29-10-18(25)22-19-23-21-11-30-19/h4-9,11,24H,3,10H2,1-2H3,(H,22,23,25). The van der Waals surface area contributed by atoms with E-state index in [1.165, 1.54) is 29.0 Å². The van der Waals surface area contributed by atoms with Gasteiger partial charge in [-0.15, -0.1) is 10.2 Å². The van der Waals surface area contributed by atoms with Gasteiger partial charge in [0.25, 0.3) is 15.9 Å². The molecule has 0 unspecified atom stereocenters. The van der Waals surface area contributed by atoms with E-state index in [-0.39, 0.29) is 22.3 Å². The molecule has 0 saturated heterocycles. The van der Waals surface area contributed by atoms with Crippen LogP contribution in [-0.4, -0.2) is 37.7 Å². The first-order chi connectivity index (χ1) is 14.8. The molecular weight excluding hydrogens is 464 g/mol. The molecule has 0 fully saturated rings. The zero-order valence-electron chi connectivity index (χ0n) is 16.6. The van der Waals surface area contributed by atoms with E-state index in [0.717, 1.165) is 0 Å². The topological polar surface area (TPSA) is 120 Å². The Hall–Kier alpha value is -2.89. The summed E-state index contributed by atoms with van der Waals surface area (Å²) in [6.45, 7) is 3.72. The smallest absolute Gasteiger partial charge is 0.264 e. The Morgan fingerprint density at radius 1 is 1.19 bits per heavy atom. The number of amides is 1. The second-order valence-electron chi connectivity index (χ2n) is 6.19. The van der Waals surface area contributed by atoms with E-state index in [9.17, 15) is 13.2 Å². The highest BCUT2D eigenvalue weighted by Gasteiger charge is 2.21. The van der Waals surface area contributed by atoms with Gasteiger partial charge in [-0.1, -0.05) is 22.9 Å². The van der Waals surface area contributed by atoms with Crippen LogP contribution >= 0.6 is 22.9 Å². The van der Waals surface area contributed by atoms with E-state index in [1.807, 2.05) is 6.92 Å². The molecule has 1 amide bonds. The zero-order valence-corrected chi connectivity index (χ0v) is 19.0. The van der Waals surface area contributed by atoms with Gasteiger partial charge >= 0.3 is 0 Å². The lowest BCUT2D eigenvalue weighted by Crippen LogP contribution is -2.20. The summed E-state index contributed by atoms with van der Waals surface area (Å²) in [7, 11) is -4.01. The van der Waals surface area contributed by atoms with E-state index in [2.05, 4.69) is 20.2 Å². The van der Waals surface area contributed by atoms with Crippen LogP contribution < -0.4 is 19.5 Å². The lowest BCUT2D eigenvalue weighted by atomic mass is 10.2. The molecule has 0 saturated carbocycles. The van der Waals surface area contributed by atoms with Crippen LogP contribution in [0.5, 0.6) is 11.5 Å². The number of carbonyl (C=O) groups is 1. The van der Waals surface area contributed by atoms with Crippen molar-refractivity contribution in [1.29, 1.82) is 0 Å². The van der Waals surface area contributed by atoms with Gasteiger partial charge in [0.15, 0.2) is 6.61 Å². The molecule has 0 radical (unpaired) electrons. The molecule has 3 rings (SSSR count). The Morgan fingerprint density at radius 2 is 1.94 bits per heavy atom. The van der Waals surface area contributed by atoms with E-state index >= 15 is 0 Å². The van der Waals surface area contributed by atoms with Crippen molar-refractivity contribution in [1.82, 2.24) is 10.2 Å². The fourth-order valence-electron chi connectivity index (χ4n) is 2.52. The Labute approximate surface area is 188 Å². The largest absolute Gasteiger partial charge is 0.494 e. The highest BCUT2D eigenvalue weighted by atomic mass is 35.5. The monoisotopic (exact) mass is 482 g/mol. The molecule has 0 aliphatic carbocycles. The maximum atomic E-state index is 12.9. The van der Waals surface area contributed by atoms with Crippen molar-refractivity contribution in [2.75, 3.05) is 23.3 Å². The Kier molecular flexibility index (Phi) is 7.31. The summed E-state index contributed by atoms with van der Waals surface area (Å²) in [5.41, 5.74) is 2.40. The third-order valence-electron chi connectivity index (χ3n) is 3.90. The summed E-state index contributed by atoms with van der Waals surface area (Å²) < 4.78 is 39.1. The van der Waals surface area contributed by atoms with E-state index < -0.39 is 15.9 Å². The average Bonchev–Trinajstić information content (AvgIpc) is 3.21. The predicted octanol–water partition coefficient (Wildman–Crippen LogP) is 3.72. The molecule has 2 N–H and O–H groups in total. The fourth-order valence-corrected chi connectivity index (χ4v) is 4.64. The van der Waals surface area contributed by atoms with Gasteiger partial charge in [-0.2, -0.15) is 0 Å². The normalized spacial score (nSPS) is 11.1. The third kappa shape index (κ3) is 6.06. The second-order valence-corrected chi connectivity index (χ2v) is 9.08. The lowest BCUT2D eigenvalue weighted by Gasteiger charge is -2.14.